The smallest absolute Gasteiger partial charge is 0.341 e. The molecule has 2 aliphatic heterocycles. The van der Waals surface area contributed by atoms with Crippen LogP contribution in [0.25, 0.3) is 0 Å². The van der Waals surface area contributed by atoms with Gasteiger partial charge in [0.1, 0.15) is 6.04 Å². The lowest BCUT2D eigenvalue weighted by Crippen LogP contribution is -2.50. The molecule has 0 N–H and O–H groups in total. The first-order chi connectivity index (χ1) is 15.4. The summed E-state index contributed by atoms with van der Waals surface area (Å²) in [7, 11) is 0. The van der Waals surface area contributed by atoms with Crippen LogP contribution in [0.2, 0.25) is 0 Å². The summed E-state index contributed by atoms with van der Waals surface area (Å²) in [6.45, 7) is 1.49. The van der Waals surface area contributed by atoms with Crippen molar-refractivity contribution >= 4 is 11.8 Å². The molecule has 1 aromatic carbocycles. The molecule has 1 saturated carbocycles. The van der Waals surface area contributed by atoms with Crippen LogP contribution in [0.15, 0.2) is 30.3 Å². The van der Waals surface area contributed by atoms with Crippen molar-refractivity contribution in [1.82, 2.24) is 9.80 Å². The number of alkyl halides is 3. The first-order valence-electron chi connectivity index (χ1n) is 12.1. The quantitative estimate of drug-likeness (QED) is 0.591. The summed E-state index contributed by atoms with van der Waals surface area (Å²) in [5, 5.41) is 0. The van der Waals surface area contributed by atoms with Crippen molar-refractivity contribution in [3.63, 3.8) is 0 Å². The summed E-state index contributed by atoms with van der Waals surface area (Å²) < 4.78 is 40.9. The summed E-state index contributed by atoms with van der Waals surface area (Å²) in [4.78, 5) is 30.1. The zero-order chi connectivity index (χ0) is 22.7. The molecule has 7 heteroatoms. The van der Waals surface area contributed by atoms with Gasteiger partial charge in [-0.05, 0) is 56.4 Å². The lowest BCUT2D eigenvalue weighted by atomic mass is 9.84. The number of hydrogen-bond acceptors (Lipinski definition) is 2. The largest absolute Gasteiger partial charge is 0.395 e. The van der Waals surface area contributed by atoms with E-state index in [1.807, 2.05) is 4.90 Å². The lowest BCUT2D eigenvalue weighted by Gasteiger charge is -2.35. The third-order valence-corrected chi connectivity index (χ3v) is 7.56. The van der Waals surface area contributed by atoms with Gasteiger partial charge in [-0.15, -0.1) is 0 Å². The Hall–Kier alpha value is -2.05. The van der Waals surface area contributed by atoms with Gasteiger partial charge in [0, 0.05) is 25.6 Å². The number of benzene rings is 1. The maximum absolute atomic E-state index is 13.6. The second-order valence-corrected chi connectivity index (χ2v) is 9.59. The Balaban J connectivity index is 1.43. The number of rotatable bonds is 6. The SMILES string of the molecule is O=C(C1CC2CCCCC2N1C(=O)CCCC(c1ccccc1)C(F)(F)F)N1CCCC1. The highest BCUT2D eigenvalue weighted by molar-refractivity contribution is 5.89. The Labute approximate surface area is 188 Å². The molecular weight excluding hydrogens is 417 g/mol. The van der Waals surface area contributed by atoms with Gasteiger partial charge in [0.15, 0.2) is 0 Å². The second kappa shape index (κ2) is 9.84. The second-order valence-electron chi connectivity index (χ2n) is 9.59. The van der Waals surface area contributed by atoms with E-state index in [4.69, 9.17) is 0 Å². The minimum absolute atomic E-state index is 0.0442. The molecule has 0 spiro atoms. The average Bonchev–Trinajstić information content (AvgIpc) is 3.44. The normalized spacial score (nSPS) is 26.8. The molecule has 3 aliphatic rings. The fourth-order valence-corrected chi connectivity index (χ4v) is 5.98. The van der Waals surface area contributed by atoms with E-state index in [-0.39, 0.29) is 42.7 Å². The van der Waals surface area contributed by atoms with E-state index >= 15 is 0 Å². The Morgan fingerprint density at radius 2 is 1.69 bits per heavy atom. The van der Waals surface area contributed by atoms with E-state index in [1.165, 1.54) is 12.1 Å². The Bertz CT molecular complexity index is 792. The van der Waals surface area contributed by atoms with E-state index < -0.39 is 18.1 Å². The van der Waals surface area contributed by atoms with Crippen LogP contribution < -0.4 is 0 Å². The van der Waals surface area contributed by atoms with Crippen LogP contribution in [0.4, 0.5) is 13.2 Å². The monoisotopic (exact) mass is 450 g/mol. The summed E-state index contributed by atoms with van der Waals surface area (Å²) in [6, 6.07) is 7.56. The molecule has 0 bridgehead atoms. The summed E-state index contributed by atoms with van der Waals surface area (Å²) in [5.41, 5.74) is 0.239. The van der Waals surface area contributed by atoms with Gasteiger partial charge >= 0.3 is 6.18 Å². The van der Waals surface area contributed by atoms with Crippen LogP contribution in [0, 0.1) is 5.92 Å². The van der Waals surface area contributed by atoms with Crippen LogP contribution in [0.5, 0.6) is 0 Å². The maximum atomic E-state index is 13.6. The summed E-state index contributed by atoms with van der Waals surface area (Å²) in [5.74, 6) is -1.33. The molecule has 1 aliphatic carbocycles. The van der Waals surface area contributed by atoms with Crippen LogP contribution in [-0.2, 0) is 9.59 Å². The number of carbonyl (C=O) groups is 2. The number of amides is 2. The van der Waals surface area contributed by atoms with Gasteiger partial charge in [-0.2, -0.15) is 13.2 Å². The van der Waals surface area contributed by atoms with Crippen molar-refractivity contribution in [2.75, 3.05) is 13.1 Å². The first-order valence-corrected chi connectivity index (χ1v) is 12.1. The van der Waals surface area contributed by atoms with Crippen molar-refractivity contribution in [3.05, 3.63) is 35.9 Å². The Kier molecular flexibility index (Phi) is 7.11. The fourth-order valence-electron chi connectivity index (χ4n) is 5.98. The van der Waals surface area contributed by atoms with E-state index in [2.05, 4.69) is 0 Å². The Morgan fingerprint density at radius 3 is 2.38 bits per heavy atom. The number of halogens is 3. The molecule has 2 heterocycles. The van der Waals surface area contributed by atoms with Gasteiger partial charge < -0.3 is 9.80 Å². The van der Waals surface area contributed by atoms with Crippen molar-refractivity contribution in [3.8, 4) is 0 Å². The van der Waals surface area contributed by atoms with Gasteiger partial charge in [-0.3, -0.25) is 9.59 Å². The minimum atomic E-state index is -4.35. The van der Waals surface area contributed by atoms with Crippen LogP contribution >= 0.6 is 0 Å². The fraction of sp³-hybridized carbons (Fsp3) is 0.680. The number of fused-ring (bicyclic) bond motifs is 1. The Morgan fingerprint density at radius 1 is 1.00 bits per heavy atom. The van der Waals surface area contributed by atoms with E-state index in [0.29, 0.717) is 12.3 Å². The molecule has 4 rings (SSSR count). The van der Waals surface area contributed by atoms with Gasteiger partial charge in [0.25, 0.3) is 0 Å². The molecule has 176 valence electrons. The van der Waals surface area contributed by atoms with Crippen LogP contribution in [0.3, 0.4) is 0 Å². The van der Waals surface area contributed by atoms with E-state index in [1.54, 1.807) is 23.1 Å². The third-order valence-electron chi connectivity index (χ3n) is 7.56. The average molecular weight is 451 g/mol. The van der Waals surface area contributed by atoms with E-state index in [0.717, 1.165) is 51.6 Å². The van der Waals surface area contributed by atoms with Crippen LogP contribution in [0.1, 0.15) is 75.7 Å². The molecule has 3 fully saturated rings. The summed E-state index contributed by atoms with van der Waals surface area (Å²) >= 11 is 0. The highest BCUT2D eigenvalue weighted by Gasteiger charge is 2.48. The third kappa shape index (κ3) is 4.96. The van der Waals surface area contributed by atoms with Gasteiger partial charge in [-0.1, -0.05) is 43.2 Å². The standard InChI is InChI=1S/C25H33F3N2O2/c26-25(27,28)20(18-9-2-1-3-10-18)12-8-14-23(31)30-21-13-5-4-11-19(21)17-22(30)24(32)29-15-6-7-16-29/h1-3,9-10,19-22H,4-8,11-17H2. The topological polar surface area (TPSA) is 40.6 Å². The van der Waals surface area contributed by atoms with Crippen molar-refractivity contribution in [2.24, 2.45) is 5.92 Å². The molecule has 4 atom stereocenters. The van der Waals surface area contributed by atoms with E-state index in [9.17, 15) is 22.8 Å². The molecule has 2 saturated heterocycles. The molecule has 4 unspecified atom stereocenters. The zero-order valence-corrected chi connectivity index (χ0v) is 18.5. The van der Waals surface area contributed by atoms with Gasteiger partial charge in [0.2, 0.25) is 11.8 Å². The maximum Gasteiger partial charge on any atom is 0.395 e. The van der Waals surface area contributed by atoms with Crippen molar-refractivity contribution in [1.29, 1.82) is 0 Å². The molecule has 1 aromatic rings. The highest BCUT2D eigenvalue weighted by atomic mass is 19.4. The van der Waals surface area contributed by atoms with Crippen molar-refractivity contribution in [2.45, 2.75) is 88.4 Å². The molecule has 0 radical (unpaired) electrons. The highest BCUT2D eigenvalue weighted by Crippen LogP contribution is 2.42. The van der Waals surface area contributed by atoms with Gasteiger partial charge in [-0.25, -0.2) is 0 Å². The molecule has 4 nitrogen and oxygen atoms in total. The minimum Gasteiger partial charge on any atom is -0.341 e. The lowest BCUT2D eigenvalue weighted by molar-refractivity contribution is -0.153. The number of carbonyl (C=O) groups excluding carboxylic acids is 2. The number of nitrogens with zero attached hydrogens (tertiary/aromatic N) is 2. The number of likely N-dealkylation sites (tertiary alicyclic amines) is 2. The predicted molar refractivity (Wildman–Crippen MR) is 116 cm³/mol. The molecule has 2 amide bonds. The molecule has 32 heavy (non-hydrogen) atoms. The predicted octanol–water partition coefficient (Wildman–Crippen LogP) is 5.28. The molecule has 0 aromatic heterocycles. The molecular formula is C25H33F3N2O2. The zero-order valence-electron chi connectivity index (χ0n) is 18.5. The van der Waals surface area contributed by atoms with Crippen LogP contribution in [-0.4, -0.2) is 53.0 Å². The summed E-state index contributed by atoms with van der Waals surface area (Å²) in [6.07, 6.45) is 2.56. The van der Waals surface area contributed by atoms with Crippen molar-refractivity contribution < 1.29 is 22.8 Å². The van der Waals surface area contributed by atoms with Gasteiger partial charge in [0.05, 0.1) is 5.92 Å². The first kappa shape index (κ1) is 23.1. The number of hydrogen-bond donors (Lipinski definition) is 0.